The predicted octanol–water partition coefficient (Wildman–Crippen LogP) is 4.76. The fourth-order valence-electron chi connectivity index (χ4n) is 3.25. The van der Waals surface area contributed by atoms with Crippen molar-refractivity contribution in [1.82, 2.24) is 0 Å². The van der Waals surface area contributed by atoms with Crippen molar-refractivity contribution in [3.05, 3.63) is 35.5 Å². The Morgan fingerprint density at radius 2 is 1.80 bits per heavy atom. The fraction of sp³-hybridized carbons (Fsp3) is 0.556. The Bertz CT molecular complexity index is 518. The van der Waals surface area contributed by atoms with Gasteiger partial charge in [-0.05, 0) is 56.2 Å². The van der Waals surface area contributed by atoms with Gasteiger partial charge in [-0.1, -0.05) is 26.0 Å². The summed E-state index contributed by atoms with van der Waals surface area (Å²) in [4.78, 5) is 2.56. The second-order valence-electron chi connectivity index (χ2n) is 6.37. The quantitative estimate of drug-likeness (QED) is 0.769. The van der Waals surface area contributed by atoms with Gasteiger partial charge in [-0.15, -0.1) is 0 Å². The Morgan fingerprint density at radius 1 is 1.05 bits per heavy atom. The molecule has 0 radical (unpaired) electrons. The molecule has 3 rings (SSSR count). The number of rotatable bonds is 2. The average Bonchev–Trinajstić information content (AvgIpc) is 2.63. The molecule has 0 bridgehead atoms. The van der Waals surface area contributed by atoms with Crippen LogP contribution in [0.15, 0.2) is 35.5 Å². The Morgan fingerprint density at radius 3 is 2.60 bits per heavy atom. The van der Waals surface area contributed by atoms with E-state index in [2.05, 4.69) is 49.9 Å². The summed E-state index contributed by atoms with van der Waals surface area (Å²) in [5, 5.41) is 0. The minimum atomic E-state index is 0.501. The maximum atomic E-state index is 6.08. The minimum Gasteiger partial charge on any atom is -0.487 e. The number of allylic oxidation sites excluding steroid dienone is 1. The summed E-state index contributed by atoms with van der Waals surface area (Å²) < 4.78 is 6.08. The van der Waals surface area contributed by atoms with Gasteiger partial charge in [-0.25, -0.2) is 0 Å². The van der Waals surface area contributed by atoms with E-state index in [0.717, 1.165) is 12.4 Å². The summed E-state index contributed by atoms with van der Waals surface area (Å²) in [5.74, 6) is 1.66. The van der Waals surface area contributed by atoms with Crippen molar-refractivity contribution in [2.75, 3.05) is 11.5 Å². The van der Waals surface area contributed by atoms with Gasteiger partial charge in [0.1, 0.15) is 12.4 Å². The zero-order valence-corrected chi connectivity index (χ0v) is 12.9. The number of benzene rings is 1. The molecule has 1 aliphatic carbocycles. The summed E-state index contributed by atoms with van der Waals surface area (Å²) in [5.41, 5.74) is 4.29. The lowest BCUT2D eigenvalue weighted by molar-refractivity contribution is 0.347. The largest absolute Gasteiger partial charge is 0.487 e. The zero-order valence-electron chi connectivity index (χ0n) is 12.9. The van der Waals surface area contributed by atoms with Gasteiger partial charge in [0.25, 0.3) is 0 Å². The first-order chi connectivity index (χ1) is 9.68. The van der Waals surface area contributed by atoms with Crippen molar-refractivity contribution in [2.24, 2.45) is 5.92 Å². The number of hydrogen-bond acceptors (Lipinski definition) is 2. The van der Waals surface area contributed by atoms with Gasteiger partial charge < -0.3 is 9.64 Å². The molecule has 0 amide bonds. The molecule has 1 aromatic carbocycles. The van der Waals surface area contributed by atoms with Crippen LogP contribution >= 0.6 is 0 Å². The molecule has 0 saturated carbocycles. The summed E-state index contributed by atoms with van der Waals surface area (Å²) in [6.45, 7) is 7.73. The summed E-state index contributed by atoms with van der Waals surface area (Å²) in [6.07, 6.45) is 5.01. The molecule has 1 heterocycles. The molecule has 108 valence electrons. The Hall–Kier alpha value is -1.44. The fourth-order valence-corrected chi connectivity index (χ4v) is 3.25. The van der Waals surface area contributed by atoms with E-state index >= 15 is 0 Å². The number of para-hydroxylation sites is 2. The lowest BCUT2D eigenvalue weighted by atomic mass is 9.93. The van der Waals surface area contributed by atoms with Gasteiger partial charge >= 0.3 is 0 Å². The van der Waals surface area contributed by atoms with Crippen molar-refractivity contribution in [1.29, 1.82) is 0 Å². The second kappa shape index (κ2) is 5.51. The molecule has 2 aliphatic rings. The van der Waals surface area contributed by atoms with Crippen molar-refractivity contribution in [2.45, 2.75) is 52.5 Å². The highest BCUT2D eigenvalue weighted by molar-refractivity contribution is 5.64. The molecule has 20 heavy (non-hydrogen) atoms. The van der Waals surface area contributed by atoms with Crippen LogP contribution in [0, 0.1) is 5.92 Å². The normalized spacial score (nSPS) is 20.1. The van der Waals surface area contributed by atoms with E-state index in [1.807, 2.05) is 0 Å². The van der Waals surface area contributed by atoms with Gasteiger partial charge in [-0.2, -0.15) is 0 Å². The molecule has 0 N–H and O–H groups in total. The number of hydrogen-bond donors (Lipinski definition) is 0. The van der Waals surface area contributed by atoms with Gasteiger partial charge in [0, 0.05) is 11.7 Å². The monoisotopic (exact) mass is 271 g/mol. The van der Waals surface area contributed by atoms with E-state index in [9.17, 15) is 0 Å². The molecule has 0 aromatic heterocycles. The highest BCUT2D eigenvalue weighted by Gasteiger charge is 2.29. The van der Waals surface area contributed by atoms with Crippen molar-refractivity contribution < 1.29 is 4.74 Å². The molecule has 1 atom stereocenters. The number of anilines is 1. The summed E-state index contributed by atoms with van der Waals surface area (Å²) >= 11 is 0. The molecule has 0 fully saturated rings. The highest BCUT2D eigenvalue weighted by atomic mass is 16.5. The first kappa shape index (κ1) is 13.5. The second-order valence-corrected chi connectivity index (χ2v) is 6.37. The van der Waals surface area contributed by atoms with Crippen LogP contribution in [0.25, 0.3) is 0 Å². The molecule has 1 unspecified atom stereocenters. The van der Waals surface area contributed by atoms with Crippen molar-refractivity contribution >= 4 is 5.69 Å². The smallest absolute Gasteiger partial charge is 0.143 e. The first-order valence-electron chi connectivity index (χ1n) is 7.90. The first-order valence-corrected chi connectivity index (χ1v) is 7.90. The molecule has 0 spiro atoms. The molecule has 1 aliphatic heterocycles. The average molecular weight is 271 g/mol. The van der Waals surface area contributed by atoms with Crippen LogP contribution in [0.5, 0.6) is 5.75 Å². The van der Waals surface area contributed by atoms with E-state index in [0.29, 0.717) is 12.0 Å². The SMILES string of the molecule is CC(C)C(C)N1C2=C(CCCC2)COc2ccccc21. The van der Waals surface area contributed by atoms with Crippen LogP contribution in [-0.4, -0.2) is 12.6 Å². The van der Waals surface area contributed by atoms with Crippen LogP contribution in [-0.2, 0) is 0 Å². The maximum Gasteiger partial charge on any atom is 0.143 e. The van der Waals surface area contributed by atoms with Crippen LogP contribution < -0.4 is 9.64 Å². The van der Waals surface area contributed by atoms with Crippen LogP contribution in [0.2, 0.25) is 0 Å². The van der Waals surface area contributed by atoms with Crippen LogP contribution in [0.1, 0.15) is 46.5 Å². The molecule has 1 aromatic rings. The molecular weight excluding hydrogens is 246 g/mol. The van der Waals surface area contributed by atoms with Gasteiger partial charge in [0.15, 0.2) is 0 Å². The van der Waals surface area contributed by atoms with Crippen LogP contribution in [0.4, 0.5) is 5.69 Å². The highest BCUT2D eigenvalue weighted by Crippen LogP contribution is 2.41. The lowest BCUT2D eigenvalue weighted by Gasteiger charge is -2.37. The van der Waals surface area contributed by atoms with Crippen molar-refractivity contribution in [3.8, 4) is 5.75 Å². The number of nitrogens with zero attached hydrogens (tertiary/aromatic N) is 1. The van der Waals surface area contributed by atoms with Gasteiger partial charge in [0.05, 0.1) is 5.69 Å². The van der Waals surface area contributed by atoms with E-state index in [-0.39, 0.29) is 0 Å². The Kier molecular flexibility index (Phi) is 3.73. The van der Waals surface area contributed by atoms with Gasteiger partial charge in [0.2, 0.25) is 0 Å². The molecule has 2 nitrogen and oxygen atoms in total. The molecular formula is C18H25NO. The number of fused-ring (bicyclic) bond motifs is 1. The Balaban J connectivity index is 2.10. The van der Waals surface area contributed by atoms with E-state index in [1.165, 1.54) is 42.6 Å². The van der Waals surface area contributed by atoms with Crippen molar-refractivity contribution in [3.63, 3.8) is 0 Å². The minimum absolute atomic E-state index is 0.501. The molecule has 2 heteroatoms. The van der Waals surface area contributed by atoms with Crippen LogP contribution in [0.3, 0.4) is 0 Å². The van der Waals surface area contributed by atoms with E-state index in [1.54, 1.807) is 0 Å². The standard InChI is InChI=1S/C18H25NO/c1-13(2)14(3)19-16-9-5-4-8-15(16)12-20-18-11-7-6-10-17(18)19/h6-7,10-11,13-14H,4-5,8-9,12H2,1-3H3. The maximum absolute atomic E-state index is 6.08. The van der Waals surface area contributed by atoms with E-state index < -0.39 is 0 Å². The van der Waals surface area contributed by atoms with Gasteiger partial charge in [-0.3, -0.25) is 0 Å². The third-order valence-corrected chi connectivity index (χ3v) is 4.74. The molecule has 0 saturated heterocycles. The third-order valence-electron chi connectivity index (χ3n) is 4.74. The Labute approximate surface area is 122 Å². The predicted molar refractivity (Wildman–Crippen MR) is 84.2 cm³/mol. The lowest BCUT2D eigenvalue weighted by Crippen LogP contribution is -2.37. The van der Waals surface area contributed by atoms with E-state index in [4.69, 9.17) is 4.74 Å². The topological polar surface area (TPSA) is 12.5 Å². The third kappa shape index (κ3) is 2.32. The summed E-state index contributed by atoms with van der Waals surface area (Å²) in [6, 6.07) is 9.01. The number of ether oxygens (including phenoxy) is 1. The zero-order chi connectivity index (χ0) is 14.1. The summed E-state index contributed by atoms with van der Waals surface area (Å²) in [7, 11) is 0.